The molecule has 0 heterocycles. The third kappa shape index (κ3) is 5.74. The zero-order chi connectivity index (χ0) is 45.0. The van der Waals surface area contributed by atoms with Gasteiger partial charge in [0.05, 0.1) is 11.1 Å². The standard InChI is InChI=1S/C66H49N/c1-42-30-34-60-56(36-42)53-24-12-15-28-59(53)66(60)61-35-31-43(2)37-57(61)55-26-17-25-51(64(55)66)47-38-46(44-18-7-5-8-19-44)39-49(40-47)67(63-29-16-13-22-50(63)45-20-9-6-10-21-45)48-32-33-54-52-23-11-14-27-58(52)65(3,4)62(54)41-48/h5-41H,1-4H3. The molecule has 1 nitrogen and oxygen atoms in total. The molecule has 0 fully saturated rings. The molecule has 0 N–H and O–H groups in total. The van der Waals surface area contributed by atoms with Gasteiger partial charge in [0, 0.05) is 22.4 Å². The predicted octanol–water partition coefficient (Wildman–Crippen LogP) is 17.4. The zero-order valence-electron chi connectivity index (χ0n) is 38.3. The number of para-hydroxylation sites is 1. The summed E-state index contributed by atoms with van der Waals surface area (Å²) in [7, 11) is 0. The summed E-state index contributed by atoms with van der Waals surface area (Å²) in [6.07, 6.45) is 0. The molecule has 0 aliphatic heterocycles. The number of hydrogen-bond acceptors (Lipinski definition) is 1. The molecule has 3 aliphatic rings. The van der Waals surface area contributed by atoms with Gasteiger partial charge in [-0.25, -0.2) is 0 Å². The lowest BCUT2D eigenvalue weighted by molar-refractivity contribution is 0.660. The Hall–Kier alpha value is -8.00. The van der Waals surface area contributed by atoms with E-state index < -0.39 is 5.41 Å². The van der Waals surface area contributed by atoms with Crippen LogP contribution in [0.15, 0.2) is 224 Å². The van der Waals surface area contributed by atoms with E-state index >= 15 is 0 Å². The van der Waals surface area contributed by atoms with Crippen LogP contribution in [0.5, 0.6) is 0 Å². The first-order valence-corrected chi connectivity index (χ1v) is 23.7. The van der Waals surface area contributed by atoms with Crippen LogP contribution in [-0.4, -0.2) is 0 Å². The van der Waals surface area contributed by atoms with Crippen LogP contribution in [0.4, 0.5) is 17.1 Å². The van der Waals surface area contributed by atoms with Gasteiger partial charge >= 0.3 is 0 Å². The Morgan fingerprint density at radius 2 is 0.821 bits per heavy atom. The van der Waals surface area contributed by atoms with Crippen LogP contribution in [0.25, 0.3) is 66.8 Å². The van der Waals surface area contributed by atoms with Crippen molar-refractivity contribution in [1.82, 2.24) is 0 Å². The van der Waals surface area contributed by atoms with Gasteiger partial charge in [0.1, 0.15) is 0 Å². The summed E-state index contributed by atoms with van der Waals surface area (Å²) in [5, 5.41) is 0. The highest BCUT2D eigenvalue weighted by Gasteiger charge is 2.53. The van der Waals surface area contributed by atoms with Gasteiger partial charge in [0.2, 0.25) is 0 Å². The molecule has 0 amide bonds. The third-order valence-electron chi connectivity index (χ3n) is 15.2. The first kappa shape index (κ1) is 39.4. The fraction of sp³-hybridized carbons (Fsp3) is 0.0909. The van der Waals surface area contributed by atoms with Crippen molar-refractivity contribution in [3.8, 4) is 66.8 Å². The minimum atomic E-state index is -0.502. The Kier molecular flexibility index (Phi) is 8.67. The minimum Gasteiger partial charge on any atom is -0.310 e. The second kappa shape index (κ2) is 14.8. The molecule has 67 heavy (non-hydrogen) atoms. The van der Waals surface area contributed by atoms with Crippen molar-refractivity contribution in [2.75, 3.05) is 4.90 Å². The number of aryl methyl sites for hydroxylation is 2. The van der Waals surface area contributed by atoms with E-state index in [9.17, 15) is 0 Å². The monoisotopic (exact) mass is 855 g/mol. The quantitative estimate of drug-likeness (QED) is 0.161. The van der Waals surface area contributed by atoms with Gasteiger partial charge in [-0.2, -0.15) is 0 Å². The predicted molar refractivity (Wildman–Crippen MR) is 281 cm³/mol. The van der Waals surface area contributed by atoms with Crippen molar-refractivity contribution in [1.29, 1.82) is 0 Å². The number of rotatable bonds is 6. The summed E-state index contributed by atoms with van der Waals surface area (Å²) >= 11 is 0. The van der Waals surface area contributed by atoms with Crippen molar-refractivity contribution in [3.05, 3.63) is 269 Å². The van der Waals surface area contributed by atoms with Crippen LogP contribution in [0.3, 0.4) is 0 Å². The molecule has 318 valence electrons. The lowest BCUT2D eigenvalue weighted by atomic mass is 9.68. The molecule has 1 atom stereocenters. The molecule has 1 spiro atoms. The summed E-state index contributed by atoms with van der Waals surface area (Å²) < 4.78 is 0. The first-order chi connectivity index (χ1) is 32.8. The summed E-state index contributed by atoms with van der Waals surface area (Å²) in [5.74, 6) is 0. The maximum atomic E-state index is 2.53. The molecular formula is C66H49N. The molecule has 10 aromatic rings. The number of nitrogens with zero attached hydrogens (tertiary/aromatic N) is 1. The maximum Gasteiger partial charge on any atom is 0.0731 e. The summed E-state index contributed by atoms with van der Waals surface area (Å²) in [4.78, 5) is 2.53. The molecule has 0 saturated carbocycles. The molecule has 1 heteroatoms. The number of anilines is 3. The second-order valence-electron chi connectivity index (χ2n) is 19.4. The molecule has 3 aliphatic carbocycles. The highest BCUT2D eigenvalue weighted by Crippen LogP contribution is 2.65. The van der Waals surface area contributed by atoms with E-state index in [1.807, 2.05) is 0 Å². The van der Waals surface area contributed by atoms with E-state index in [-0.39, 0.29) is 5.41 Å². The van der Waals surface area contributed by atoms with E-state index in [1.54, 1.807) is 0 Å². The molecule has 13 rings (SSSR count). The van der Waals surface area contributed by atoms with Crippen LogP contribution in [0, 0.1) is 13.8 Å². The van der Waals surface area contributed by atoms with Gasteiger partial charge in [-0.3, -0.25) is 0 Å². The van der Waals surface area contributed by atoms with Gasteiger partial charge in [-0.1, -0.05) is 213 Å². The Bertz CT molecular complexity index is 3620. The summed E-state index contributed by atoms with van der Waals surface area (Å²) in [5.41, 5.74) is 28.4. The van der Waals surface area contributed by atoms with Gasteiger partial charge in [0.25, 0.3) is 0 Å². The SMILES string of the molecule is Cc1ccc2c(c1)-c1ccccc1C21c2ccc(C)cc2-c2cccc(-c3cc(-c4ccccc4)cc(N(c4ccc5c(c4)C(C)(C)c4ccccc4-5)c4ccccc4-c4ccccc4)c3)c21. The number of hydrogen-bond donors (Lipinski definition) is 0. The van der Waals surface area contributed by atoms with Crippen LogP contribution < -0.4 is 4.90 Å². The van der Waals surface area contributed by atoms with E-state index in [1.165, 1.54) is 111 Å². The largest absolute Gasteiger partial charge is 0.310 e. The van der Waals surface area contributed by atoms with Crippen LogP contribution in [0.2, 0.25) is 0 Å². The summed E-state index contributed by atoms with van der Waals surface area (Å²) in [6, 6.07) is 84.7. The maximum absolute atomic E-state index is 2.53. The van der Waals surface area contributed by atoms with Crippen molar-refractivity contribution >= 4 is 17.1 Å². The zero-order valence-corrected chi connectivity index (χ0v) is 38.3. The van der Waals surface area contributed by atoms with Crippen molar-refractivity contribution in [3.63, 3.8) is 0 Å². The second-order valence-corrected chi connectivity index (χ2v) is 19.4. The summed E-state index contributed by atoms with van der Waals surface area (Å²) in [6.45, 7) is 9.21. The molecule has 0 aromatic heterocycles. The van der Waals surface area contributed by atoms with Crippen LogP contribution in [-0.2, 0) is 10.8 Å². The highest BCUT2D eigenvalue weighted by atomic mass is 15.1. The van der Waals surface area contributed by atoms with Crippen LogP contribution >= 0.6 is 0 Å². The molecular weight excluding hydrogens is 807 g/mol. The Labute approximate surface area is 394 Å². The van der Waals surface area contributed by atoms with Crippen molar-refractivity contribution in [2.24, 2.45) is 0 Å². The van der Waals surface area contributed by atoms with Crippen molar-refractivity contribution in [2.45, 2.75) is 38.5 Å². The van der Waals surface area contributed by atoms with E-state index in [0.717, 1.165) is 17.1 Å². The average Bonchev–Trinajstić information content (AvgIpc) is 3.92. The van der Waals surface area contributed by atoms with E-state index in [4.69, 9.17) is 0 Å². The fourth-order valence-corrected chi connectivity index (χ4v) is 12.2. The van der Waals surface area contributed by atoms with Gasteiger partial charge in [-0.05, 0) is 145 Å². The molecule has 1 unspecified atom stereocenters. The Morgan fingerprint density at radius 3 is 1.54 bits per heavy atom. The normalized spacial score (nSPS) is 15.3. The van der Waals surface area contributed by atoms with Gasteiger partial charge < -0.3 is 4.90 Å². The van der Waals surface area contributed by atoms with Crippen LogP contribution in [0.1, 0.15) is 58.4 Å². The highest BCUT2D eigenvalue weighted by molar-refractivity contribution is 6.00. The van der Waals surface area contributed by atoms with Gasteiger partial charge in [0.15, 0.2) is 0 Å². The van der Waals surface area contributed by atoms with Gasteiger partial charge in [-0.15, -0.1) is 0 Å². The number of benzene rings is 10. The fourth-order valence-electron chi connectivity index (χ4n) is 12.2. The van der Waals surface area contributed by atoms with E-state index in [2.05, 4.69) is 257 Å². The molecule has 0 radical (unpaired) electrons. The lowest BCUT2D eigenvalue weighted by Gasteiger charge is -2.33. The number of fused-ring (bicyclic) bond motifs is 13. The molecule has 0 bridgehead atoms. The van der Waals surface area contributed by atoms with Crippen molar-refractivity contribution < 1.29 is 0 Å². The third-order valence-corrected chi connectivity index (χ3v) is 15.2. The Balaban J connectivity index is 1.12. The molecule has 10 aromatic carbocycles. The Morgan fingerprint density at radius 1 is 0.299 bits per heavy atom. The average molecular weight is 856 g/mol. The minimum absolute atomic E-state index is 0.164. The first-order valence-electron chi connectivity index (χ1n) is 23.7. The van der Waals surface area contributed by atoms with E-state index in [0.29, 0.717) is 0 Å². The molecule has 0 saturated heterocycles. The smallest absolute Gasteiger partial charge is 0.0731 e. The lowest BCUT2D eigenvalue weighted by Crippen LogP contribution is -2.26. The topological polar surface area (TPSA) is 3.24 Å².